The maximum Gasteiger partial charge on any atom is 0.253 e. The van der Waals surface area contributed by atoms with Gasteiger partial charge in [0.1, 0.15) is 16.9 Å². The molecule has 3 fully saturated rings. The molecule has 13 aromatic rings. The number of benzene rings is 5. The van der Waals surface area contributed by atoms with Crippen molar-refractivity contribution in [3.8, 4) is 33.8 Å². The van der Waals surface area contributed by atoms with Crippen LogP contribution in [-0.2, 0) is 30.5 Å². The highest BCUT2D eigenvalue weighted by Gasteiger charge is 2.29. The van der Waals surface area contributed by atoms with Crippen molar-refractivity contribution in [3.05, 3.63) is 258 Å². The van der Waals surface area contributed by atoms with Crippen molar-refractivity contribution >= 4 is 51.0 Å². The van der Waals surface area contributed by atoms with Gasteiger partial charge in [0.05, 0.1) is 36.5 Å². The number of morpholine rings is 1. The van der Waals surface area contributed by atoms with Crippen molar-refractivity contribution in [1.82, 2.24) is 63.4 Å². The zero-order chi connectivity index (χ0) is 67.3. The highest BCUT2D eigenvalue weighted by Crippen LogP contribution is 2.32. The minimum Gasteiger partial charge on any atom is -0.378 e. The van der Waals surface area contributed by atoms with E-state index in [1.165, 1.54) is 57.4 Å². The number of nitrogens with one attached hydrogen (secondary N) is 3. The summed E-state index contributed by atoms with van der Waals surface area (Å²) in [6.07, 6.45) is 23.3. The van der Waals surface area contributed by atoms with Gasteiger partial charge < -0.3 is 34.6 Å². The molecule has 2 amide bonds. The summed E-state index contributed by atoms with van der Waals surface area (Å²) in [6.45, 7) is 14.9. The summed E-state index contributed by atoms with van der Waals surface area (Å²) in [7, 11) is 4.14. The summed E-state index contributed by atoms with van der Waals surface area (Å²) < 4.78 is 11.9. The Hall–Kier alpha value is -10.7. The van der Waals surface area contributed by atoms with Crippen LogP contribution in [0.15, 0.2) is 207 Å². The number of rotatable bonds is 16. The second kappa shape index (κ2) is 28.8. The van der Waals surface area contributed by atoms with Crippen molar-refractivity contribution in [1.29, 1.82) is 0 Å². The molecular weight excluding hydrogens is 1230 g/mol. The summed E-state index contributed by atoms with van der Waals surface area (Å²) in [6, 6.07) is 54.8. The van der Waals surface area contributed by atoms with Gasteiger partial charge in [-0.05, 0) is 162 Å². The van der Waals surface area contributed by atoms with Crippen molar-refractivity contribution in [2.24, 2.45) is 0 Å². The number of piperazine rings is 1. The molecule has 0 spiro atoms. The Bertz CT molecular complexity index is 4930. The van der Waals surface area contributed by atoms with Crippen LogP contribution in [0.3, 0.4) is 0 Å². The highest BCUT2D eigenvalue weighted by atomic mass is 16.5. The number of likely N-dealkylation sites (N-methyl/N-ethyl adjacent to an activating group) is 1. The zero-order valence-electron chi connectivity index (χ0n) is 56.9. The zero-order valence-corrected chi connectivity index (χ0v) is 56.9. The lowest BCUT2D eigenvalue weighted by Crippen LogP contribution is -2.50. The summed E-state index contributed by atoms with van der Waals surface area (Å²) in [5.74, 6) is 0.0997. The van der Waals surface area contributed by atoms with E-state index in [0.717, 1.165) is 176 Å². The number of H-pyrrole nitrogens is 2. The minimum atomic E-state index is -0.00872. The summed E-state index contributed by atoms with van der Waals surface area (Å²) in [5.41, 5.74) is 23.1. The number of imidazole rings is 3. The van der Waals surface area contributed by atoms with Gasteiger partial charge in [0, 0.05) is 179 Å². The second-order valence-corrected chi connectivity index (χ2v) is 26.7. The van der Waals surface area contributed by atoms with Crippen molar-refractivity contribution in [2.75, 3.05) is 89.5 Å². The number of anilines is 2. The maximum atomic E-state index is 13.0. The lowest BCUT2D eigenvalue weighted by atomic mass is 10.0. The number of carbonyl (C=O) groups is 2. The molecule has 0 aliphatic carbocycles. The molecule has 0 bridgehead atoms. The molecule has 4 aliphatic heterocycles. The van der Waals surface area contributed by atoms with Gasteiger partial charge in [0.25, 0.3) is 11.8 Å². The molecule has 18 nitrogen and oxygen atoms in total. The first kappa shape index (κ1) is 64.3. The molecule has 17 rings (SSSR count). The van der Waals surface area contributed by atoms with Crippen LogP contribution in [0.1, 0.15) is 92.8 Å². The molecule has 8 aromatic heterocycles. The number of carbonyl (C=O) groups excluding carboxylic acids is 2. The quantitative estimate of drug-likeness (QED) is 0.0842. The third-order valence-corrected chi connectivity index (χ3v) is 20.6. The normalized spacial score (nSPS) is 15.7. The van der Waals surface area contributed by atoms with Crippen LogP contribution in [-0.4, -0.2) is 162 Å². The molecule has 0 radical (unpaired) electrons. The molecule has 5 aromatic carbocycles. The number of hydrogen-bond acceptors (Lipinski definition) is 11. The Morgan fingerprint density at radius 2 is 1.12 bits per heavy atom. The average molecular weight is 1320 g/mol. The first-order valence-corrected chi connectivity index (χ1v) is 35.0. The van der Waals surface area contributed by atoms with Crippen LogP contribution in [0.2, 0.25) is 0 Å². The van der Waals surface area contributed by atoms with E-state index >= 15 is 0 Å². The number of hydrogen-bond donors (Lipinski definition) is 3. The van der Waals surface area contributed by atoms with Gasteiger partial charge in [0.2, 0.25) is 0 Å². The highest BCUT2D eigenvalue weighted by molar-refractivity contribution is 5.99. The molecule has 12 heterocycles. The van der Waals surface area contributed by atoms with E-state index in [1.54, 1.807) is 0 Å². The van der Waals surface area contributed by atoms with Crippen LogP contribution in [0.25, 0.3) is 61.6 Å². The Labute approximate surface area is 577 Å². The van der Waals surface area contributed by atoms with Crippen molar-refractivity contribution in [2.45, 2.75) is 71.0 Å². The lowest BCUT2D eigenvalue weighted by Gasteiger charge is -2.39. The Morgan fingerprint density at radius 3 is 1.66 bits per heavy atom. The first-order chi connectivity index (χ1) is 48.6. The maximum absolute atomic E-state index is 13.0. The topological polar surface area (TPSA) is 168 Å². The summed E-state index contributed by atoms with van der Waals surface area (Å²) in [5, 5.41) is 11.1. The standard InChI is InChI=1S/C29H29N5O2.C26H32N6.C26H24N4O/c1-32(2)24-11-13-33(18-24)29(36)20-5-3-19(4-6-20)15-22-8-10-26(34-14-12-30-27(22)34)21-7-9-25-23(16-21)17-31-28(25)35;1-3-23(4-2)30-13-15-31(16-14-30)24-8-5-20(6-9-24)17-21-7-10-25(22-18-28-29-19-22)32-12-11-27-26(21)32;1-6-23(29-13-15-31-16-14-29)7-2-19(1)17-22-5-8-25(30-12-11-28-26(22)30)21-4-3-20-9-10-27-24(20)18-21/h3-10,12,14,16,24H,11,13,15,17-18H2,1-2H3,(H,31,35);5-12,18-19,23H,3-4,13-17H2,1-2H3,(H,28,29);1-12,18,27H,13-17H2. The summed E-state index contributed by atoms with van der Waals surface area (Å²) in [4.78, 5) is 53.8. The molecule has 99 heavy (non-hydrogen) atoms. The predicted molar refractivity (Wildman–Crippen MR) is 394 cm³/mol. The minimum absolute atomic E-state index is 0.00872. The Morgan fingerprint density at radius 1 is 0.586 bits per heavy atom. The van der Waals surface area contributed by atoms with Crippen molar-refractivity contribution in [3.63, 3.8) is 0 Å². The molecule has 1 unspecified atom stereocenters. The molecule has 3 saturated heterocycles. The smallest absolute Gasteiger partial charge is 0.253 e. The molecule has 4 aliphatic rings. The van der Waals surface area contributed by atoms with Crippen molar-refractivity contribution < 1.29 is 14.3 Å². The molecule has 1 atom stereocenters. The fourth-order valence-corrected chi connectivity index (χ4v) is 14.9. The van der Waals surface area contributed by atoms with Crippen LogP contribution in [0.5, 0.6) is 0 Å². The number of likely N-dealkylation sites (tertiary alicyclic amines) is 1. The van der Waals surface area contributed by atoms with E-state index < -0.39 is 0 Å². The number of nitrogens with zero attached hydrogens (tertiary/aromatic N) is 12. The molecule has 0 saturated carbocycles. The Balaban J connectivity index is 0.000000121. The molecule has 3 N–H and O–H groups in total. The monoisotopic (exact) mass is 1320 g/mol. The van der Waals surface area contributed by atoms with E-state index in [1.807, 2.05) is 90.9 Å². The Kier molecular flexibility index (Phi) is 18.7. The summed E-state index contributed by atoms with van der Waals surface area (Å²) >= 11 is 0. The third kappa shape index (κ3) is 13.7. The van der Waals surface area contributed by atoms with Gasteiger partial charge in [-0.1, -0.05) is 86.6 Å². The number of fused-ring (bicyclic) bond motifs is 5. The predicted octanol–water partition coefficient (Wildman–Crippen LogP) is 13.1. The number of ether oxygens (including phenoxy) is 1. The third-order valence-electron chi connectivity index (χ3n) is 20.6. The van der Waals surface area contributed by atoms with Gasteiger partial charge in [-0.3, -0.25) is 32.8 Å². The van der Waals surface area contributed by atoms with Crippen LogP contribution in [0, 0.1) is 0 Å². The average Bonchev–Trinajstić information content (AvgIpc) is 1.70. The van der Waals surface area contributed by atoms with E-state index in [2.05, 4.69) is 218 Å². The van der Waals surface area contributed by atoms with Gasteiger partial charge in [0.15, 0.2) is 0 Å². The lowest BCUT2D eigenvalue weighted by molar-refractivity contribution is 0.0782. The second-order valence-electron chi connectivity index (χ2n) is 26.7. The number of aromatic nitrogens is 9. The van der Waals surface area contributed by atoms with Crippen LogP contribution in [0.4, 0.5) is 11.4 Å². The van der Waals surface area contributed by atoms with Gasteiger partial charge in [-0.15, -0.1) is 0 Å². The molecule has 502 valence electrons. The van der Waals surface area contributed by atoms with Gasteiger partial charge in [-0.25, -0.2) is 15.0 Å². The van der Waals surface area contributed by atoms with Crippen LogP contribution >= 0.6 is 0 Å². The van der Waals surface area contributed by atoms with Crippen LogP contribution < -0.4 is 15.1 Å². The first-order valence-electron chi connectivity index (χ1n) is 35.0. The fourth-order valence-electron chi connectivity index (χ4n) is 14.9. The van der Waals surface area contributed by atoms with E-state index in [0.29, 0.717) is 12.6 Å². The number of amides is 2. The fraction of sp³-hybridized carbons (Fsp3) is 0.284. The van der Waals surface area contributed by atoms with E-state index in [9.17, 15) is 9.59 Å². The number of aromatic amines is 2. The number of pyridine rings is 3. The van der Waals surface area contributed by atoms with Gasteiger partial charge >= 0.3 is 0 Å². The SMILES string of the molecule is CCC(CC)N1CCN(c2ccc(Cc3ccc(-c4cn[nH]c4)n4ccnc34)cc2)CC1.CN(C)C1CCN(C(=O)c2ccc(Cc3ccc(-c4ccc5c(c4)CNC5=O)n4ccnc34)cc2)C1.c1cn2c(-c3ccc4cc[nH]c4c3)ccc(Cc3ccc(N4CCOCC4)cc3)c2n1. The van der Waals surface area contributed by atoms with E-state index in [-0.39, 0.29) is 11.8 Å². The molecule has 18 heteroatoms. The van der Waals surface area contributed by atoms with Gasteiger partial charge in [-0.2, -0.15) is 5.10 Å². The van der Waals surface area contributed by atoms with E-state index in [4.69, 9.17) is 4.74 Å². The molecular formula is C81H85N15O3. The largest absolute Gasteiger partial charge is 0.378 e.